The lowest BCUT2D eigenvalue weighted by Crippen LogP contribution is -2.60. The third kappa shape index (κ3) is 2.24. The molecule has 2 heterocycles. The lowest BCUT2D eigenvalue weighted by molar-refractivity contribution is -0.156. The number of aliphatic carboxylic acids is 1. The fraction of sp³-hybridized carbons (Fsp3) is 0.286. The number of halogens is 1. The van der Waals surface area contributed by atoms with Crippen LogP contribution in [0.4, 0.5) is 4.39 Å². The number of thioether (sulfide) groups is 1. The van der Waals surface area contributed by atoms with E-state index in [9.17, 15) is 24.2 Å². The third-order valence-electron chi connectivity index (χ3n) is 3.49. The Hall–Kier alpha value is -2.06. The highest BCUT2D eigenvalue weighted by atomic mass is 32.2. The number of aliphatic hydroxyl groups is 1. The Morgan fingerprint density at radius 2 is 2.05 bits per heavy atom. The lowest BCUT2D eigenvalue weighted by atomic mass is 9.92. The number of nitrogens with zero attached hydrogens (tertiary/aromatic N) is 1. The van der Waals surface area contributed by atoms with Crippen molar-refractivity contribution >= 4 is 23.6 Å². The van der Waals surface area contributed by atoms with Crippen LogP contribution >= 0.6 is 11.8 Å². The molecular weight excluding hydrogens is 313 g/mol. The first kappa shape index (κ1) is 14.9. The summed E-state index contributed by atoms with van der Waals surface area (Å²) in [6.07, 6.45) is -0.874. The zero-order chi connectivity index (χ0) is 16.0. The Morgan fingerprint density at radius 3 is 2.59 bits per heavy atom. The van der Waals surface area contributed by atoms with Crippen LogP contribution in [-0.2, 0) is 9.59 Å². The average Bonchev–Trinajstić information content (AvgIpc) is 2.75. The van der Waals surface area contributed by atoms with Crippen molar-refractivity contribution in [3.63, 3.8) is 0 Å². The van der Waals surface area contributed by atoms with E-state index in [4.69, 9.17) is 4.74 Å². The van der Waals surface area contributed by atoms with Gasteiger partial charge < -0.3 is 14.9 Å². The van der Waals surface area contributed by atoms with Gasteiger partial charge in [-0.3, -0.25) is 9.69 Å². The fourth-order valence-corrected chi connectivity index (χ4v) is 3.90. The van der Waals surface area contributed by atoms with Crippen LogP contribution in [0.5, 0.6) is 5.75 Å². The molecular formula is C14H12FNO5S. The molecule has 1 aromatic carbocycles. The van der Waals surface area contributed by atoms with Crippen molar-refractivity contribution in [2.45, 2.75) is 18.4 Å². The third-order valence-corrected chi connectivity index (χ3v) is 4.73. The largest absolute Gasteiger partial charge is 0.476 e. The number of aliphatic hydroxyl groups excluding tert-OH is 1. The molecule has 2 aliphatic rings. The van der Waals surface area contributed by atoms with Crippen LogP contribution in [0.25, 0.3) is 0 Å². The first-order chi connectivity index (χ1) is 10.4. The molecule has 116 valence electrons. The summed E-state index contributed by atoms with van der Waals surface area (Å²) >= 11 is 1.06. The highest BCUT2D eigenvalue weighted by Gasteiger charge is 2.58. The number of hydrogen-bond acceptors (Lipinski definition) is 5. The molecule has 1 saturated heterocycles. The predicted octanol–water partition coefficient (Wildman–Crippen LogP) is 1.37. The van der Waals surface area contributed by atoms with E-state index < -0.39 is 35.1 Å². The van der Waals surface area contributed by atoms with E-state index in [-0.39, 0.29) is 16.5 Å². The van der Waals surface area contributed by atoms with Crippen molar-refractivity contribution in [3.8, 4) is 5.75 Å². The Morgan fingerprint density at radius 1 is 1.41 bits per heavy atom. The van der Waals surface area contributed by atoms with Gasteiger partial charge in [-0.15, -0.1) is 0 Å². The van der Waals surface area contributed by atoms with Gasteiger partial charge in [-0.25, -0.2) is 9.18 Å². The molecule has 0 radical (unpaired) electrons. The van der Waals surface area contributed by atoms with Gasteiger partial charge in [0.15, 0.2) is 10.8 Å². The highest BCUT2D eigenvalue weighted by molar-refractivity contribution is 8.03. The molecule has 0 aliphatic carbocycles. The fourth-order valence-electron chi connectivity index (χ4n) is 2.43. The molecule has 1 amide bonds. The van der Waals surface area contributed by atoms with Gasteiger partial charge in [0, 0.05) is 0 Å². The van der Waals surface area contributed by atoms with E-state index in [1.165, 1.54) is 31.2 Å². The second kappa shape index (κ2) is 5.29. The van der Waals surface area contributed by atoms with Crippen molar-refractivity contribution in [2.75, 3.05) is 0 Å². The summed E-state index contributed by atoms with van der Waals surface area (Å²) in [6.45, 7) is 1.49. The average molecular weight is 325 g/mol. The number of amides is 1. The summed E-state index contributed by atoms with van der Waals surface area (Å²) in [5.41, 5.74) is -0.249. The topological polar surface area (TPSA) is 87.1 Å². The molecule has 3 rings (SSSR count). The van der Waals surface area contributed by atoms with Crippen molar-refractivity contribution in [3.05, 3.63) is 40.9 Å². The van der Waals surface area contributed by atoms with Crippen LogP contribution in [0, 0.1) is 11.7 Å². The number of rotatable bonds is 4. The molecule has 8 heteroatoms. The van der Waals surface area contributed by atoms with E-state index in [1.807, 2.05) is 0 Å². The Bertz CT molecular complexity index is 672. The molecule has 0 bridgehead atoms. The number of hydrogen-bond donors (Lipinski definition) is 2. The Labute approximate surface area is 129 Å². The van der Waals surface area contributed by atoms with Crippen LogP contribution < -0.4 is 4.74 Å². The number of carboxylic acids is 1. The molecule has 2 aliphatic heterocycles. The molecule has 2 N–H and O–H groups in total. The summed E-state index contributed by atoms with van der Waals surface area (Å²) in [5, 5.41) is 18.5. The van der Waals surface area contributed by atoms with Crippen molar-refractivity contribution in [1.29, 1.82) is 0 Å². The van der Waals surface area contributed by atoms with Crippen LogP contribution in [0.3, 0.4) is 0 Å². The van der Waals surface area contributed by atoms with Gasteiger partial charge in [0.25, 0.3) is 0 Å². The highest BCUT2D eigenvalue weighted by Crippen LogP contribution is 2.50. The first-order valence-electron chi connectivity index (χ1n) is 6.49. The second-order valence-corrected chi connectivity index (χ2v) is 6.07. The molecule has 1 aromatic rings. The quantitative estimate of drug-likeness (QED) is 0.813. The monoisotopic (exact) mass is 325 g/mol. The van der Waals surface area contributed by atoms with Gasteiger partial charge in [-0.05, 0) is 31.2 Å². The summed E-state index contributed by atoms with van der Waals surface area (Å²) < 4.78 is 18.4. The zero-order valence-electron chi connectivity index (χ0n) is 11.4. The molecule has 0 aromatic heterocycles. The van der Waals surface area contributed by atoms with Gasteiger partial charge in [0.05, 0.1) is 12.0 Å². The number of benzene rings is 1. The summed E-state index contributed by atoms with van der Waals surface area (Å²) in [5.74, 6) is -2.56. The van der Waals surface area contributed by atoms with Gasteiger partial charge >= 0.3 is 5.97 Å². The number of carbonyl (C=O) groups is 2. The van der Waals surface area contributed by atoms with Crippen molar-refractivity contribution in [2.24, 2.45) is 5.92 Å². The maximum absolute atomic E-state index is 12.9. The number of β-lactam (4-membered cyclic amide) rings is 1. The zero-order valence-corrected chi connectivity index (χ0v) is 12.2. The molecule has 3 atom stereocenters. The van der Waals surface area contributed by atoms with E-state index in [2.05, 4.69) is 0 Å². The first-order valence-corrected chi connectivity index (χ1v) is 7.37. The van der Waals surface area contributed by atoms with E-state index >= 15 is 0 Å². The maximum atomic E-state index is 12.9. The summed E-state index contributed by atoms with van der Waals surface area (Å²) in [7, 11) is 0. The van der Waals surface area contributed by atoms with E-state index in [0.717, 1.165) is 16.7 Å². The minimum absolute atomic E-state index is 0.0561. The SMILES string of the molecule is C[C@@H](O)[C@H]1C(=O)N2C(C(=O)O)=C(Oc3ccc(F)cc3)SC12. The van der Waals surface area contributed by atoms with Gasteiger partial charge in [-0.1, -0.05) is 11.8 Å². The van der Waals surface area contributed by atoms with Gasteiger partial charge in [0.1, 0.15) is 16.9 Å². The molecule has 6 nitrogen and oxygen atoms in total. The molecule has 0 spiro atoms. The van der Waals surface area contributed by atoms with E-state index in [0.29, 0.717) is 0 Å². The number of carbonyl (C=O) groups excluding carboxylic acids is 1. The number of carboxylic acid groups (broad SMARTS) is 1. The molecule has 1 fully saturated rings. The Kier molecular flexibility index (Phi) is 3.57. The number of fused-ring (bicyclic) bond motifs is 1. The standard InChI is InChI=1S/C14H12FNO5S/c1-6(17)9-11(18)16-10(13(19)20)14(22-12(9)16)21-8-4-2-7(15)3-5-8/h2-6,9,12,17H,1H3,(H,19,20)/t6-,9+,12?/m1/s1. The second-order valence-electron chi connectivity index (χ2n) is 4.98. The lowest BCUT2D eigenvalue weighted by Gasteiger charge is -2.43. The summed E-state index contributed by atoms with van der Waals surface area (Å²) in [6, 6.07) is 5.11. The number of ether oxygens (including phenoxy) is 1. The van der Waals surface area contributed by atoms with Gasteiger partial charge in [-0.2, -0.15) is 0 Å². The van der Waals surface area contributed by atoms with Crippen molar-refractivity contribution < 1.29 is 28.9 Å². The van der Waals surface area contributed by atoms with Crippen LogP contribution in [-0.4, -0.2) is 38.5 Å². The molecule has 0 saturated carbocycles. The van der Waals surface area contributed by atoms with Crippen molar-refractivity contribution in [1.82, 2.24) is 4.90 Å². The molecule has 22 heavy (non-hydrogen) atoms. The minimum Gasteiger partial charge on any atom is -0.476 e. The van der Waals surface area contributed by atoms with Gasteiger partial charge in [0.2, 0.25) is 5.91 Å². The van der Waals surface area contributed by atoms with Crippen LogP contribution in [0.15, 0.2) is 35.1 Å². The normalized spacial score (nSPS) is 24.9. The molecule has 1 unspecified atom stereocenters. The predicted molar refractivity (Wildman–Crippen MR) is 75.1 cm³/mol. The van der Waals surface area contributed by atoms with E-state index in [1.54, 1.807) is 0 Å². The maximum Gasteiger partial charge on any atom is 0.357 e. The smallest absolute Gasteiger partial charge is 0.357 e. The van der Waals surface area contributed by atoms with Crippen LogP contribution in [0.1, 0.15) is 6.92 Å². The Balaban J connectivity index is 1.88. The summed E-state index contributed by atoms with van der Waals surface area (Å²) in [4.78, 5) is 24.5. The minimum atomic E-state index is -1.29. The van der Waals surface area contributed by atoms with Crippen LogP contribution in [0.2, 0.25) is 0 Å².